The van der Waals surface area contributed by atoms with Gasteiger partial charge in [0.15, 0.2) is 0 Å². The average molecular weight is 427 g/mol. The maximum Gasteiger partial charge on any atom is 0.243 e. The second-order valence-electron chi connectivity index (χ2n) is 5.75. The predicted molar refractivity (Wildman–Crippen MR) is 113 cm³/mol. The summed E-state index contributed by atoms with van der Waals surface area (Å²) >= 11 is 7.56. The molecule has 1 N–H and O–H groups in total. The molecular weight excluding hydrogens is 404 g/mol. The Morgan fingerprint density at radius 2 is 1.70 bits per heavy atom. The van der Waals surface area contributed by atoms with Crippen molar-refractivity contribution in [2.45, 2.75) is 24.5 Å². The van der Waals surface area contributed by atoms with Crippen molar-refractivity contribution in [1.82, 2.24) is 4.31 Å². The molecule has 0 spiro atoms. The molecule has 2 rings (SSSR count). The van der Waals surface area contributed by atoms with E-state index in [9.17, 15) is 13.2 Å². The zero-order valence-electron chi connectivity index (χ0n) is 15.3. The fourth-order valence-corrected chi connectivity index (χ4v) is 5.06. The largest absolute Gasteiger partial charge is 0.325 e. The zero-order chi connectivity index (χ0) is 19.9. The number of benzene rings is 2. The van der Waals surface area contributed by atoms with Gasteiger partial charge in [-0.3, -0.25) is 4.79 Å². The van der Waals surface area contributed by atoms with Gasteiger partial charge in [0.1, 0.15) is 0 Å². The fourth-order valence-electron chi connectivity index (χ4n) is 2.49. The molecule has 8 heteroatoms. The molecule has 2 aromatic carbocycles. The van der Waals surface area contributed by atoms with Crippen molar-refractivity contribution in [2.24, 2.45) is 0 Å². The van der Waals surface area contributed by atoms with Gasteiger partial charge in [-0.15, -0.1) is 11.8 Å². The van der Waals surface area contributed by atoms with E-state index in [-0.39, 0.29) is 16.6 Å². The molecule has 0 aliphatic rings. The van der Waals surface area contributed by atoms with E-state index in [2.05, 4.69) is 5.32 Å². The number of hydrogen-bond acceptors (Lipinski definition) is 4. The minimum Gasteiger partial charge on any atom is -0.325 e. The number of halogens is 1. The molecular formula is C19H23ClN2O3S2. The van der Waals surface area contributed by atoms with Crippen molar-refractivity contribution in [3.63, 3.8) is 0 Å². The number of carbonyl (C=O) groups is 1. The average Bonchev–Trinajstić information content (AvgIpc) is 2.64. The van der Waals surface area contributed by atoms with Crippen molar-refractivity contribution in [2.75, 3.05) is 24.2 Å². The molecule has 5 nitrogen and oxygen atoms in total. The maximum atomic E-state index is 12.5. The van der Waals surface area contributed by atoms with Crippen LogP contribution in [0.15, 0.2) is 53.4 Å². The van der Waals surface area contributed by atoms with Crippen LogP contribution in [0, 0.1) is 0 Å². The van der Waals surface area contributed by atoms with E-state index in [1.807, 2.05) is 24.3 Å². The first kappa shape index (κ1) is 21.8. The van der Waals surface area contributed by atoms with Gasteiger partial charge in [0.05, 0.1) is 10.6 Å². The first-order chi connectivity index (χ1) is 12.9. The number of amides is 1. The van der Waals surface area contributed by atoms with E-state index in [0.717, 1.165) is 5.56 Å². The van der Waals surface area contributed by atoms with Gasteiger partial charge in [-0.1, -0.05) is 43.6 Å². The van der Waals surface area contributed by atoms with Crippen molar-refractivity contribution in [3.8, 4) is 0 Å². The van der Waals surface area contributed by atoms with Gasteiger partial charge in [0.25, 0.3) is 0 Å². The number of carbonyl (C=O) groups excluding carboxylic acids is 1. The van der Waals surface area contributed by atoms with Crippen LogP contribution in [0.1, 0.15) is 19.4 Å². The van der Waals surface area contributed by atoms with Gasteiger partial charge in [-0.2, -0.15) is 4.31 Å². The summed E-state index contributed by atoms with van der Waals surface area (Å²) in [5.41, 5.74) is 1.56. The molecule has 2 aromatic rings. The van der Waals surface area contributed by atoms with Crippen LogP contribution in [0.5, 0.6) is 0 Å². The lowest BCUT2D eigenvalue weighted by Crippen LogP contribution is -2.30. The summed E-state index contributed by atoms with van der Waals surface area (Å²) in [5, 5.41) is 3.47. The highest BCUT2D eigenvalue weighted by Gasteiger charge is 2.21. The van der Waals surface area contributed by atoms with Crippen LogP contribution in [0.3, 0.4) is 0 Å². The van der Waals surface area contributed by atoms with Crippen LogP contribution < -0.4 is 5.32 Å². The summed E-state index contributed by atoms with van der Waals surface area (Å²) < 4.78 is 26.3. The summed E-state index contributed by atoms with van der Waals surface area (Å²) in [6.45, 7) is 4.44. The van der Waals surface area contributed by atoms with Gasteiger partial charge < -0.3 is 5.32 Å². The van der Waals surface area contributed by atoms with Crippen LogP contribution >= 0.6 is 23.4 Å². The van der Waals surface area contributed by atoms with Crippen molar-refractivity contribution < 1.29 is 13.2 Å². The van der Waals surface area contributed by atoms with E-state index >= 15 is 0 Å². The topological polar surface area (TPSA) is 66.5 Å². The monoisotopic (exact) mass is 426 g/mol. The van der Waals surface area contributed by atoms with Crippen LogP contribution in [-0.2, 0) is 20.6 Å². The number of thioether (sulfide) groups is 1. The second-order valence-corrected chi connectivity index (χ2v) is 9.08. The zero-order valence-corrected chi connectivity index (χ0v) is 17.7. The number of nitrogens with zero attached hydrogens (tertiary/aromatic N) is 1. The molecule has 0 aliphatic carbocycles. The van der Waals surface area contributed by atoms with Gasteiger partial charge in [0.2, 0.25) is 15.9 Å². The van der Waals surface area contributed by atoms with Gasteiger partial charge in [-0.05, 0) is 35.9 Å². The number of sulfonamides is 1. The summed E-state index contributed by atoms with van der Waals surface area (Å²) in [6, 6.07) is 13.8. The second kappa shape index (κ2) is 10.1. The van der Waals surface area contributed by atoms with Crippen molar-refractivity contribution in [3.05, 3.63) is 59.1 Å². The lowest BCUT2D eigenvalue weighted by atomic mass is 10.2. The summed E-state index contributed by atoms with van der Waals surface area (Å²) in [4.78, 5) is 12.3. The Morgan fingerprint density at radius 1 is 1.07 bits per heavy atom. The Hall–Kier alpha value is -1.54. The normalized spacial score (nSPS) is 11.6. The Balaban J connectivity index is 1.90. The first-order valence-corrected chi connectivity index (χ1v) is 11.6. The highest BCUT2D eigenvalue weighted by molar-refractivity contribution is 7.99. The van der Waals surface area contributed by atoms with Gasteiger partial charge in [0, 0.05) is 29.6 Å². The molecule has 0 atom stereocenters. The molecule has 0 radical (unpaired) electrons. The lowest BCUT2D eigenvalue weighted by molar-refractivity contribution is -0.113. The van der Waals surface area contributed by atoms with Crippen LogP contribution in [-0.4, -0.2) is 37.5 Å². The molecule has 0 fully saturated rings. The number of rotatable bonds is 9. The molecule has 0 saturated carbocycles. The summed E-state index contributed by atoms with van der Waals surface area (Å²) in [7, 11) is -3.49. The van der Waals surface area contributed by atoms with Crippen LogP contribution in [0.25, 0.3) is 0 Å². The molecule has 146 valence electrons. The standard InChI is InChI=1S/C19H23ClN2O3S2/c1-3-22(4-2)27(24,25)17-11-9-16(10-12-17)21-19(23)14-26-13-15-7-5-6-8-18(15)20/h5-12H,3-4,13-14H2,1-2H3,(H,21,23). The quantitative estimate of drug-likeness (QED) is 0.651. The highest BCUT2D eigenvalue weighted by Crippen LogP contribution is 2.21. The smallest absolute Gasteiger partial charge is 0.243 e. The van der Waals surface area contributed by atoms with Crippen LogP contribution in [0.4, 0.5) is 5.69 Å². The first-order valence-electron chi connectivity index (χ1n) is 8.59. The summed E-state index contributed by atoms with van der Waals surface area (Å²) in [5.74, 6) is 0.783. The molecule has 0 unspecified atom stereocenters. The minimum absolute atomic E-state index is 0.147. The molecule has 27 heavy (non-hydrogen) atoms. The summed E-state index contributed by atoms with van der Waals surface area (Å²) in [6.07, 6.45) is 0. The van der Waals surface area contributed by atoms with E-state index in [1.54, 1.807) is 26.0 Å². The fraction of sp³-hybridized carbons (Fsp3) is 0.316. The molecule has 0 heterocycles. The van der Waals surface area contributed by atoms with Crippen LogP contribution in [0.2, 0.25) is 5.02 Å². The van der Waals surface area contributed by atoms with Crippen molar-refractivity contribution >= 4 is 45.0 Å². The molecule has 0 aliphatic heterocycles. The maximum absolute atomic E-state index is 12.5. The third-order valence-electron chi connectivity index (χ3n) is 3.93. The lowest BCUT2D eigenvalue weighted by Gasteiger charge is -2.18. The highest BCUT2D eigenvalue weighted by atomic mass is 35.5. The number of anilines is 1. The molecule has 0 bridgehead atoms. The molecule has 0 aromatic heterocycles. The van der Waals surface area contributed by atoms with E-state index < -0.39 is 10.0 Å². The Morgan fingerprint density at radius 3 is 2.30 bits per heavy atom. The Kier molecular flexibility index (Phi) is 8.16. The number of hydrogen-bond donors (Lipinski definition) is 1. The van der Waals surface area contributed by atoms with E-state index in [4.69, 9.17) is 11.6 Å². The van der Waals surface area contributed by atoms with Crippen molar-refractivity contribution in [1.29, 1.82) is 0 Å². The van der Waals surface area contributed by atoms with E-state index in [1.165, 1.54) is 28.2 Å². The third kappa shape index (κ3) is 5.97. The van der Waals surface area contributed by atoms with Gasteiger partial charge >= 0.3 is 0 Å². The number of nitrogens with one attached hydrogen (secondary N) is 1. The third-order valence-corrected chi connectivity index (χ3v) is 7.34. The van der Waals surface area contributed by atoms with E-state index in [0.29, 0.717) is 29.6 Å². The Bertz CT molecular complexity index is 867. The minimum atomic E-state index is -3.49. The SMILES string of the molecule is CCN(CC)S(=O)(=O)c1ccc(NC(=O)CSCc2ccccc2Cl)cc1. The Labute approximate surface area is 170 Å². The van der Waals surface area contributed by atoms with Gasteiger partial charge in [-0.25, -0.2) is 8.42 Å². The predicted octanol–water partition coefficient (Wildman–Crippen LogP) is 4.24. The molecule has 1 amide bonds. The molecule has 0 saturated heterocycles.